The van der Waals surface area contributed by atoms with E-state index in [0.29, 0.717) is 17.8 Å². The zero-order valence-electron chi connectivity index (χ0n) is 15.6. The summed E-state index contributed by atoms with van der Waals surface area (Å²) in [6.45, 7) is 4.17. The third kappa shape index (κ3) is 4.75. The number of nitrogens with zero attached hydrogens (tertiary/aromatic N) is 1. The van der Waals surface area contributed by atoms with Crippen molar-refractivity contribution in [1.29, 1.82) is 0 Å². The van der Waals surface area contributed by atoms with Crippen LogP contribution in [0.4, 0.5) is 5.69 Å². The molecule has 7 heteroatoms. The van der Waals surface area contributed by atoms with Gasteiger partial charge in [-0.05, 0) is 67.4 Å². The van der Waals surface area contributed by atoms with E-state index in [4.69, 9.17) is 0 Å². The molecule has 2 N–H and O–H groups in total. The summed E-state index contributed by atoms with van der Waals surface area (Å²) in [6, 6.07) is 15.0. The lowest BCUT2D eigenvalue weighted by Gasteiger charge is -2.12. The summed E-state index contributed by atoms with van der Waals surface area (Å²) in [5, 5.41) is 2.79. The summed E-state index contributed by atoms with van der Waals surface area (Å²) in [4.78, 5) is 16.3. The van der Waals surface area contributed by atoms with Crippen molar-refractivity contribution in [3.63, 3.8) is 0 Å². The van der Waals surface area contributed by atoms with Gasteiger partial charge in [0.15, 0.2) is 0 Å². The van der Waals surface area contributed by atoms with Gasteiger partial charge in [-0.1, -0.05) is 17.7 Å². The second kappa shape index (κ2) is 8.22. The van der Waals surface area contributed by atoms with E-state index in [1.54, 1.807) is 18.5 Å². The van der Waals surface area contributed by atoms with Crippen LogP contribution in [-0.4, -0.2) is 19.3 Å². The van der Waals surface area contributed by atoms with Crippen LogP contribution in [0.25, 0.3) is 0 Å². The first kappa shape index (κ1) is 19.6. The molecule has 0 aliphatic rings. The van der Waals surface area contributed by atoms with E-state index in [1.165, 1.54) is 24.3 Å². The van der Waals surface area contributed by atoms with Crippen molar-refractivity contribution in [1.82, 2.24) is 10.3 Å². The zero-order chi connectivity index (χ0) is 20.1. The number of nitrogens with one attached hydrogen (secondary N) is 2. The summed E-state index contributed by atoms with van der Waals surface area (Å²) < 4.78 is 27.8. The van der Waals surface area contributed by atoms with Gasteiger partial charge in [-0.3, -0.25) is 14.5 Å². The molecule has 3 aromatic rings. The molecule has 28 heavy (non-hydrogen) atoms. The number of rotatable bonds is 6. The van der Waals surface area contributed by atoms with Crippen LogP contribution in [0.5, 0.6) is 0 Å². The number of carbonyl (C=O) groups is 1. The molecular formula is C21H21N3O3S. The molecule has 0 unspecified atom stereocenters. The number of benzene rings is 2. The molecule has 0 saturated carbocycles. The summed E-state index contributed by atoms with van der Waals surface area (Å²) in [6.07, 6.45) is 3.31. The molecule has 0 bridgehead atoms. The highest BCUT2D eigenvalue weighted by molar-refractivity contribution is 7.92. The average Bonchev–Trinajstić information content (AvgIpc) is 2.69. The minimum absolute atomic E-state index is 0.0955. The first-order valence-corrected chi connectivity index (χ1v) is 10.2. The number of hydrogen-bond donors (Lipinski definition) is 2. The molecule has 0 atom stereocenters. The van der Waals surface area contributed by atoms with Gasteiger partial charge in [0, 0.05) is 24.5 Å². The summed E-state index contributed by atoms with van der Waals surface area (Å²) in [5.41, 5.74) is 3.75. The number of amides is 1. The molecule has 6 nitrogen and oxygen atoms in total. The zero-order valence-corrected chi connectivity index (χ0v) is 16.5. The Morgan fingerprint density at radius 3 is 2.29 bits per heavy atom. The van der Waals surface area contributed by atoms with Crippen molar-refractivity contribution in [2.75, 3.05) is 4.72 Å². The predicted octanol–water partition coefficient (Wildman–Crippen LogP) is 3.43. The fraction of sp³-hybridized carbons (Fsp3) is 0.143. The molecule has 0 aliphatic carbocycles. The Labute approximate surface area is 164 Å². The molecule has 144 valence electrons. The monoisotopic (exact) mass is 395 g/mol. The Balaban J connectivity index is 1.69. The SMILES string of the molecule is Cc1ccc(NS(=O)(=O)c2ccc(C(=O)NCc3ccncc3)cc2)c(C)c1. The van der Waals surface area contributed by atoms with E-state index in [1.807, 2.05) is 38.1 Å². The van der Waals surface area contributed by atoms with Crippen molar-refractivity contribution in [3.05, 3.63) is 89.2 Å². The number of sulfonamides is 1. The molecule has 1 heterocycles. The number of aryl methyl sites for hydroxylation is 2. The second-order valence-electron chi connectivity index (χ2n) is 6.49. The Hall–Kier alpha value is -3.19. The Morgan fingerprint density at radius 1 is 0.964 bits per heavy atom. The summed E-state index contributed by atoms with van der Waals surface area (Å²) in [7, 11) is -3.74. The highest BCUT2D eigenvalue weighted by Gasteiger charge is 2.16. The van der Waals surface area contributed by atoms with Gasteiger partial charge < -0.3 is 5.32 Å². The maximum absolute atomic E-state index is 12.6. The van der Waals surface area contributed by atoms with E-state index in [0.717, 1.165) is 16.7 Å². The second-order valence-corrected chi connectivity index (χ2v) is 8.17. The van der Waals surface area contributed by atoms with Gasteiger partial charge in [-0.15, -0.1) is 0 Å². The van der Waals surface area contributed by atoms with Crippen molar-refractivity contribution < 1.29 is 13.2 Å². The molecule has 2 aromatic carbocycles. The lowest BCUT2D eigenvalue weighted by molar-refractivity contribution is 0.0951. The normalized spacial score (nSPS) is 11.1. The maximum atomic E-state index is 12.6. The largest absolute Gasteiger partial charge is 0.348 e. The number of aromatic nitrogens is 1. The van der Waals surface area contributed by atoms with Gasteiger partial charge >= 0.3 is 0 Å². The van der Waals surface area contributed by atoms with Gasteiger partial charge in [0.2, 0.25) is 0 Å². The molecule has 3 rings (SSSR count). The molecule has 0 radical (unpaired) electrons. The van der Waals surface area contributed by atoms with E-state index >= 15 is 0 Å². The Morgan fingerprint density at radius 2 is 1.64 bits per heavy atom. The highest BCUT2D eigenvalue weighted by Crippen LogP contribution is 2.21. The average molecular weight is 395 g/mol. The molecule has 1 amide bonds. The molecule has 0 spiro atoms. The molecule has 1 aromatic heterocycles. The van der Waals surface area contributed by atoms with Crippen LogP contribution in [0.1, 0.15) is 27.0 Å². The first-order valence-electron chi connectivity index (χ1n) is 8.72. The Kier molecular flexibility index (Phi) is 5.75. The third-order valence-corrected chi connectivity index (χ3v) is 5.64. The van der Waals surface area contributed by atoms with Crippen LogP contribution in [0.15, 0.2) is 71.9 Å². The lowest BCUT2D eigenvalue weighted by Crippen LogP contribution is -2.23. The quantitative estimate of drug-likeness (QED) is 0.669. The van der Waals surface area contributed by atoms with Crippen molar-refractivity contribution >= 4 is 21.6 Å². The van der Waals surface area contributed by atoms with Gasteiger partial charge in [0.1, 0.15) is 0 Å². The van der Waals surface area contributed by atoms with E-state index in [2.05, 4.69) is 15.0 Å². The highest BCUT2D eigenvalue weighted by atomic mass is 32.2. The fourth-order valence-corrected chi connectivity index (χ4v) is 3.83. The van der Waals surface area contributed by atoms with Crippen LogP contribution in [0.2, 0.25) is 0 Å². The molecule has 0 aliphatic heterocycles. The van der Waals surface area contributed by atoms with Crippen LogP contribution in [-0.2, 0) is 16.6 Å². The van der Waals surface area contributed by atoms with Crippen molar-refractivity contribution in [2.24, 2.45) is 0 Å². The Bertz CT molecular complexity index is 1080. The van der Waals surface area contributed by atoms with Crippen LogP contribution in [0, 0.1) is 13.8 Å². The lowest BCUT2D eigenvalue weighted by atomic mass is 10.1. The summed E-state index contributed by atoms with van der Waals surface area (Å²) in [5.74, 6) is -0.275. The minimum atomic E-state index is -3.74. The smallest absolute Gasteiger partial charge is 0.261 e. The van der Waals surface area contributed by atoms with Gasteiger partial charge in [-0.2, -0.15) is 0 Å². The third-order valence-electron chi connectivity index (χ3n) is 4.26. The molecular weight excluding hydrogens is 374 g/mol. The number of anilines is 1. The number of hydrogen-bond acceptors (Lipinski definition) is 4. The van der Waals surface area contributed by atoms with E-state index in [-0.39, 0.29) is 10.8 Å². The predicted molar refractivity (Wildman–Crippen MR) is 109 cm³/mol. The van der Waals surface area contributed by atoms with Crippen molar-refractivity contribution in [3.8, 4) is 0 Å². The van der Waals surface area contributed by atoms with Gasteiger partial charge in [-0.25, -0.2) is 8.42 Å². The van der Waals surface area contributed by atoms with E-state index in [9.17, 15) is 13.2 Å². The number of carbonyl (C=O) groups excluding carboxylic acids is 1. The number of pyridine rings is 1. The van der Waals surface area contributed by atoms with Gasteiger partial charge in [0.05, 0.1) is 10.6 Å². The van der Waals surface area contributed by atoms with Gasteiger partial charge in [0.25, 0.3) is 15.9 Å². The van der Waals surface area contributed by atoms with E-state index < -0.39 is 10.0 Å². The topological polar surface area (TPSA) is 88.2 Å². The van der Waals surface area contributed by atoms with Crippen LogP contribution < -0.4 is 10.0 Å². The first-order chi connectivity index (χ1) is 13.3. The van der Waals surface area contributed by atoms with Crippen molar-refractivity contribution in [2.45, 2.75) is 25.3 Å². The molecule has 0 fully saturated rings. The standard InChI is InChI=1S/C21H21N3O3S/c1-15-3-8-20(16(2)13-15)24-28(26,27)19-6-4-18(5-7-19)21(25)23-14-17-9-11-22-12-10-17/h3-13,24H,14H2,1-2H3,(H,23,25). The fourth-order valence-electron chi connectivity index (χ4n) is 2.70. The van der Waals surface area contributed by atoms with Crippen LogP contribution >= 0.6 is 0 Å². The molecule has 0 saturated heterocycles. The van der Waals surface area contributed by atoms with Crippen LogP contribution in [0.3, 0.4) is 0 Å². The maximum Gasteiger partial charge on any atom is 0.261 e. The minimum Gasteiger partial charge on any atom is -0.348 e. The summed E-state index contributed by atoms with van der Waals surface area (Å²) >= 11 is 0.